The van der Waals surface area contributed by atoms with Gasteiger partial charge in [0.15, 0.2) is 6.61 Å². The fraction of sp³-hybridized carbons (Fsp3) is 0.533. The van der Waals surface area contributed by atoms with Gasteiger partial charge in [0.05, 0.1) is 12.2 Å². The molecule has 1 aromatic rings. The van der Waals surface area contributed by atoms with E-state index in [1.165, 1.54) is 4.90 Å². The van der Waals surface area contributed by atoms with E-state index >= 15 is 0 Å². The lowest BCUT2D eigenvalue weighted by Gasteiger charge is -2.27. The molecule has 1 aromatic heterocycles. The Kier molecular flexibility index (Phi) is 5.63. The number of carbonyl (C=O) groups excluding carboxylic acids is 2. The van der Waals surface area contributed by atoms with Crippen molar-refractivity contribution in [3.05, 3.63) is 30.1 Å². The van der Waals surface area contributed by atoms with Gasteiger partial charge in [-0.05, 0) is 25.0 Å². The Labute approximate surface area is 137 Å². The van der Waals surface area contributed by atoms with Crippen LogP contribution in [-0.2, 0) is 16.1 Å². The second kappa shape index (κ2) is 7.50. The van der Waals surface area contributed by atoms with Gasteiger partial charge < -0.3 is 9.64 Å². The maximum absolute atomic E-state index is 12.5. The van der Waals surface area contributed by atoms with Crippen LogP contribution in [0.4, 0.5) is 18.0 Å². The lowest BCUT2D eigenvalue weighted by Crippen LogP contribution is -2.47. The maximum atomic E-state index is 12.5. The van der Waals surface area contributed by atoms with Crippen LogP contribution in [0.2, 0.25) is 0 Å². The van der Waals surface area contributed by atoms with Gasteiger partial charge in [0.25, 0.3) is 0 Å². The van der Waals surface area contributed by atoms with Crippen LogP contribution in [-0.4, -0.2) is 59.2 Å². The molecule has 0 unspecified atom stereocenters. The highest BCUT2D eigenvalue weighted by atomic mass is 19.4. The number of rotatable bonds is 4. The summed E-state index contributed by atoms with van der Waals surface area (Å²) < 4.78 is 40.7. The van der Waals surface area contributed by atoms with Crippen LogP contribution in [0.3, 0.4) is 0 Å². The average molecular weight is 345 g/mol. The Morgan fingerprint density at radius 2 is 2.17 bits per heavy atom. The fourth-order valence-electron chi connectivity index (χ4n) is 2.54. The van der Waals surface area contributed by atoms with E-state index in [4.69, 9.17) is 0 Å². The normalized spacial score (nSPS) is 17.7. The van der Waals surface area contributed by atoms with E-state index in [-0.39, 0.29) is 19.0 Å². The Morgan fingerprint density at radius 1 is 1.42 bits per heavy atom. The first-order chi connectivity index (χ1) is 11.3. The van der Waals surface area contributed by atoms with Crippen molar-refractivity contribution < 1.29 is 27.5 Å². The number of pyridine rings is 1. The molecule has 1 saturated heterocycles. The smallest absolute Gasteiger partial charge is 0.422 e. The van der Waals surface area contributed by atoms with Gasteiger partial charge in [0.1, 0.15) is 6.04 Å². The molecule has 132 valence electrons. The molecule has 24 heavy (non-hydrogen) atoms. The van der Waals surface area contributed by atoms with Crippen LogP contribution in [0.5, 0.6) is 0 Å². The van der Waals surface area contributed by atoms with E-state index in [1.54, 1.807) is 31.4 Å². The zero-order chi connectivity index (χ0) is 17.7. The number of halogens is 3. The predicted octanol–water partition coefficient (Wildman–Crippen LogP) is 2.20. The largest absolute Gasteiger partial charge is 0.440 e. The number of hydrogen-bond donors (Lipinski definition) is 0. The minimum absolute atomic E-state index is 0.199. The molecular weight excluding hydrogens is 327 g/mol. The van der Waals surface area contributed by atoms with Crippen molar-refractivity contribution in [2.24, 2.45) is 0 Å². The second-order valence-electron chi connectivity index (χ2n) is 5.54. The van der Waals surface area contributed by atoms with E-state index in [1.807, 2.05) is 0 Å². The highest BCUT2D eigenvalue weighted by Gasteiger charge is 2.38. The molecule has 0 aromatic carbocycles. The van der Waals surface area contributed by atoms with Crippen LogP contribution >= 0.6 is 0 Å². The molecule has 9 heteroatoms. The Bertz CT molecular complexity index is 580. The summed E-state index contributed by atoms with van der Waals surface area (Å²) in [6.07, 6.45) is -3.18. The average Bonchev–Trinajstić information content (AvgIpc) is 3.01. The van der Waals surface area contributed by atoms with Crippen molar-refractivity contribution in [3.8, 4) is 0 Å². The van der Waals surface area contributed by atoms with Crippen molar-refractivity contribution in [1.82, 2.24) is 14.8 Å². The molecule has 0 N–H and O–H groups in total. The van der Waals surface area contributed by atoms with E-state index in [0.717, 1.165) is 4.90 Å². The molecule has 2 rings (SSSR count). The molecule has 1 fully saturated rings. The molecule has 1 atom stereocenters. The van der Waals surface area contributed by atoms with Gasteiger partial charge in [-0.3, -0.25) is 14.7 Å². The standard InChI is InChI=1S/C15H18F3N3O3/c1-20(9-11-5-2-3-7-19-11)13(22)12-6-4-8-21(12)14(23)24-10-15(16,17)18/h2-3,5,7,12H,4,6,8-10H2,1H3/t12-/m0/s1. The van der Waals surface area contributed by atoms with Crippen LogP contribution in [0, 0.1) is 0 Å². The summed E-state index contributed by atoms with van der Waals surface area (Å²) in [5.41, 5.74) is 0.678. The summed E-state index contributed by atoms with van der Waals surface area (Å²) in [7, 11) is 1.56. The number of likely N-dealkylation sites (tertiary alicyclic amines) is 1. The fourth-order valence-corrected chi connectivity index (χ4v) is 2.54. The molecule has 0 aliphatic carbocycles. The number of ether oxygens (including phenoxy) is 1. The van der Waals surface area contributed by atoms with Crippen LogP contribution in [0.1, 0.15) is 18.5 Å². The van der Waals surface area contributed by atoms with E-state index < -0.39 is 24.9 Å². The van der Waals surface area contributed by atoms with Gasteiger partial charge in [-0.15, -0.1) is 0 Å². The molecule has 1 aliphatic heterocycles. The van der Waals surface area contributed by atoms with E-state index in [0.29, 0.717) is 18.5 Å². The predicted molar refractivity (Wildman–Crippen MR) is 77.8 cm³/mol. The highest BCUT2D eigenvalue weighted by molar-refractivity contribution is 5.86. The van der Waals surface area contributed by atoms with Gasteiger partial charge in [-0.1, -0.05) is 6.07 Å². The molecule has 2 heterocycles. The molecule has 0 saturated carbocycles. The number of amides is 2. The molecule has 0 spiro atoms. The van der Waals surface area contributed by atoms with Gasteiger partial charge in [-0.25, -0.2) is 4.79 Å². The summed E-state index contributed by atoms with van der Waals surface area (Å²) in [6, 6.07) is 4.49. The SMILES string of the molecule is CN(Cc1ccccn1)C(=O)[C@@H]1CCCN1C(=O)OCC(F)(F)F. The molecule has 1 aliphatic rings. The third-order valence-corrected chi connectivity index (χ3v) is 3.63. The van der Waals surface area contributed by atoms with Crippen molar-refractivity contribution in [2.45, 2.75) is 31.6 Å². The third kappa shape index (κ3) is 4.84. The summed E-state index contributed by atoms with van der Waals surface area (Å²) >= 11 is 0. The van der Waals surface area contributed by atoms with Crippen molar-refractivity contribution in [1.29, 1.82) is 0 Å². The summed E-state index contributed by atoms with van der Waals surface area (Å²) in [5.74, 6) is -0.345. The third-order valence-electron chi connectivity index (χ3n) is 3.63. The monoisotopic (exact) mass is 345 g/mol. The zero-order valence-corrected chi connectivity index (χ0v) is 13.1. The van der Waals surface area contributed by atoms with E-state index in [9.17, 15) is 22.8 Å². The quantitative estimate of drug-likeness (QED) is 0.839. The van der Waals surface area contributed by atoms with Crippen molar-refractivity contribution in [3.63, 3.8) is 0 Å². The van der Waals surface area contributed by atoms with Crippen molar-refractivity contribution >= 4 is 12.0 Å². The summed E-state index contributed by atoms with van der Waals surface area (Å²) in [5, 5.41) is 0. The van der Waals surface area contributed by atoms with Crippen LogP contribution in [0.25, 0.3) is 0 Å². The minimum atomic E-state index is -4.59. The van der Waals surface area contributed by atoms with E-state index in [2.05, 4.69) is 9.72 Å². The Balaban J connectivity index is 1.96. The maximum Gasteiger partial charge on any atom is 0.422 e. The number of hydrogen-bond acceptors (Lipinski definition) is 4. The number of carbonyl (C=O) groups is 2. The number of aromatic nitrogens is 1. The lowest BCUT2D eigenvalue weighted by molar-refractivity contribution is -0.163. The summed E-state index contributed by atoms with van der Waals surface area (Å²) in [6.45, 7) is -1.21. The molecule has 0 radical (unpaired) electrons. The number of alkyl halides is 3. The zero-order valence-electron chi connectivity index (χ0n) is 13.1. The lowest BCUT2D eigenvalue weighted by atomic mass is 10.2. The second-order valence-corrected chi connectivity index (χ2v) is 5.54. The van der Waals surface area contributed by atoms with Crippen molar-refractivity contribution in [2.75, 3.05) is 20.2 Å². The Morgan fingerprint density at radius 3 is 2.79 bits per heavy atom. The number of likely N-dealkylation sites (N-methyl/N-ethyl adjacent to an activating group) is 1. The first-order valence-electron chi connectivity index (χ1n) is 7.43. The van der Waals surface area contributed by atoms with Gasteiger partial charge in [0, 0.05) is 19.8 Å². The van der Waals surface area contributed by atoms with Gasteiger partial charge in [0.2, 0.25) is 5.91 Å². The number of nitrogens with zero attached hydrogens (tertiary/aromatic N) is 3. The van der Waals surface area contributed by atoms with Crippen LogP contribution < -0.4 is 0 Å². The van der Waals surface area contributed by atoms with Gasteiger partial charge in [-0.2, -0.15) is 13.2 Å². The minimum Gasteiger partial charge on any atom is -0.440 e. The topological polar surface area (TPSA) is 62.7 Å². The highest BCUT2D eigenvalue weighted by Crippen LogP contribution is 2.22. The summed E-state index contributed by atoms with van der Waals surface area (Å²) in [4.78, 5) is 30.9. The van der Waals surface area contributed by atoms with Crippen LogP contribution in [0.15, 0.2) is 24.4 Å². The first-order valence-corrected chi connectivity index (χ1v) is 7.43. The van der Waals surface area contributed by atoms with Gasteiger partial charge >= 0.3 is 12.3 Å². The Hall–Kier alpha value is -2.32. The molecule has 0 bridgehead atoms. The molecule has 2 amide bonds. The molecule has 6 nitrogen and oxygen atoms in total. The molecular formula is C15H18F3N3O3. The first kappa shape index (κ1) is 18.0.